The lowest BCUT2D eigenvalue weighted by atomic mass is 9.89. The molecule has 0 bridgehead atoms. The summed E-state index contributed by atoms with van der Waals surface area (Å²) in [5.74, 6) is 0.0610. The molecule has 14 heavy (non-hydrogen) atoms. The average Bonchev–Trinajstić information content (AvgIpc) is 2.70. The van der Waals surface area contributed by atoms with Gasteiger partial charge in [0.25, 0.3) is 0 Å². The van der Waals surface area contributed by atoms with Crippen LogP contribution in [0.15, 0.2) is 0 Å². The number of amides is 1. The monoisotopic (exact) mass is 198 g/mol. The van der Waals surface area contributed by atoms with Gasteiger partial charge in [0.2, 0.25) is 5.91 Å². The standard InChI is InChI=1S/C10H18N2O2/c1-6-2-3-9(14-6)7-4-12-5-8(7)10(11)13/h6-9,12H,2-5H2,1H3,(H2,11,13). The van der Waals surface area contributed by atoms with Crippen LogP contribution in [0.2, 0.25) is 0 Å². The number of nitrogens with two attached hydrogens (primary N) is 1. The summed E-state index contributed by atoms with van der Waals surface area (Å²) in [6.45, 7) is 3.67. The van der Waals surface area contributed by atoms with Crippen molar-refractivity contribution in [1.29, 1.82) is 0 Å². The van der Waals surface area contributed by atoms with E-state index in [9.17, 15) is 4.79 Å². The lowest BCUT2D eigenvalue weighted by Crippen LogP contribution is -2.35. The minimum absolute atomic E-state index is 0.0368. The Bertz CT molecular complexity index is 232. The zero-order chi connectivity index (χ0) is 10.1. The molecule has 0 aromatic heterocycles. The smallest absolute Gasteiger partial charge is 0.222 e. The third kappa shape index (κ3) is 1.77. The molecule has 0 aliphatic carbocycles. The molecule has 2 aliphatic heterocycles. The van der Waals surface area contributed by atoms with Crippen LogP contribution in [0.4, 0.5) is 0 Å². The Balaban J connectivity index is 1.99. The molecule has 80 valence electrons. The number of carbonyl (C=O) groups excluding carboxylic acids is 1. The summed E-state index contributed by atoms with van der Waals surface area (Å²) < 4.78 is 5.78. The highest BCUT2D eigenvalue weighted by atomic mass is 16.5. The highest BCUT2D eigenvalue weighted by Gasteiger charge is 2.40. The minimum atomic E-state index is -0.192. The second-order valence-electron chi connectivity index (χ2n) is 4.39. The van der Waals surface area contributed by atoms with Gasteiger partial charge in [0.05, 0.1) is 18.1 Å². The quantitative estimate of drug-likeness (QED) is 0.650. The van der Waals surface area contributed by atoms with Crippen LogP contribution in [0.3, 0.4) is 0 Å². The van der Waals surface area contributed by atoms with Crippen LogP contribution in [0, 0.1) is 11.8 Å². The van der Waals surface area contributed by atoms with E-state index in [-0.39, 0.29) is 23.8 Å². The molecule has 1 amide bonds. The lowest BCUT2D eigenvalue weighted by Gasteiger charge is -2.22. The van der Waals surface area contributed by atoms with Gasteiger partial charge in [-0.25, -0.2) is 0 Å². The van der Waals surface area contributed by atoms with Gasteiger partial charge in [0.15, 0.2) is 0 Å². The largest absolute Gasteiger partial charge is 0.375 e. The predicted octanol–water partition coefficient (Wildman–Crippen LogP) is -0.125. The Morgan fingerprint density at radius 1 is 1.43 bits per heavy atom. The molecular weight excluding hydrogens is 180 g/mol. The van der Waals surface area contributed by atoms with Gasteiger partial charge in [-0.3, -0.25) is 4.79 Å². The van der Waals surface area contributed by atoms with Crippen LogP contribution in [-0.4, -0.2) is 31.2 Å². The van der Waals surface area contributed by atoms with Crippen LogP contribution in [0.5, 0.6) is 0 Å². The van der Waals surface area contributed by atoms with Gasteiger partial charge < -0.3 is 15.8 Å². The Labute approximate surface area is 84.2 Å². The number of primary amides is 1. The lowest BCUT2D eigenvalue weighted by molar-refractivity contribution is -0.124. The van der Waals surface area contributed by atoms with Crippen molar-refractivity contribution >= 4 is 5.91 Å². The molecule has 2 aliphatic rings. The molecule has 2 rings (SSSR count). The maximum atomic E-state index is 11.2. The first-order chi connectivity index (χ1) is 6.68. The van der Waals surface area contributed by atoms with E-state index in [1.165, 1.54) is 0 Å². The van der Waals surface area contributed by atoms with Gasteiger partial charge in [-0.1, -0.05) is 0 Å². The summed E-state index contributed by atoms with van der Waals surface area (Å²) >= 11 is 0. The highest BCUT2D eigenvalue weighted by Crippen LogP contribution is 2.31. The molecule has 2 saturated heterocycles. The number of ether oxygens (including phenoxy) is 1. The van der Waals surface area contributed by atoms with Gasteiger partial charge in [-0.15, -0.1) is 0 Å². The number of carbonyl (C=O) groups is 1. The number of hydrogen-bond donors (Lipinski definition) is 2. The fraction of sp³-hybridized carbons (Fsp3) is 0.900. The number of rotatable bonds is 2. The van der Waals surface area contributed by atoms with Crippen molar-refractivity contribution < 1.29 is 9.53 Å². The third-order valence-electron chi connectivity index (χ3n) is 3.37. The van der Waals surface area contributed by atoms with Crippen LogP contribution >= 0.6 is 0 Å². The van der Waals surface area contributed by atoms with E-state index in [1.54, 1.807) is 0 Å². The Hall–Kier alpha value is -0.610. The molecule has 4 atom stereocenters. The van der Waals surface area contributed by atoms with Crippen molar-refractivity contribution in [3.63, 3.8) is 0 Å². The topological polar surface area (TPSA) is 64.3 Å². The summed E-state index contributed by atoms with van der Waals surface area (Å²) in [4.78, 5) is 11.2. The SMILES string of the molecule is CC1CCC(C2CNCC2C(N)=O)O1. The molecule has 4 heteroatoms. The first-order valence-corrected chi connectivity index (χ1v) is 5.34. The summed E-state index contributed by atoms with van der Waals surface area (Å²) in [6.07, 6.45) is 2.75. The second kappa shape index (κ2) is 3.87. The van der Waals surface area contributed by atoms with Crippen molar-refractivity contribution in [2.45, 2.75) is 32.0 Å². The number of hydrogen-bond acceptors (Lipinski definition) is 3. The normalized spacial score (nSPS) is 42.9. The van der Waals surface area contributed by atoms with Crippen molar-refractivity contribution in [2.75, 3.05) is 13.1 Å². The third-order valence-corrected chi connectivity index (χ3v) is 3.37. The maximum Gasteiger partial charge on any atom is 0.222 e. The van der Waals surface area contributed by atoms with E-state index < -0.39 is 0 Å². The van der Waals surface area contributed by atoms with Crippen LogP contribution in [-0.2, 0) is 9.53 Å². The van der Waals surface area contributed by atoms with E-state index >= 15 is 0 Å². The Kier molecular flexibility index (Phi) is 2.74. The van der Waals surface area contributed by atoms with Crippen molar-refractivity contribution in [3.8, 4) is 0 Å². The summed E-state index contributed by atoms with van der Waals surface area (Å²) in [5.41, 5.74) is 5.36. The molecule has 3 N–H and O–H groups in total. The molecule has 0 aromatic carbocycles. The molecule has 2 fully saturated rings. The molecule has 0 saturated carbocycles. The zero-order valence-electron chi connectivity index (χ0n) is 8.53. The molecule has 4 nitrogen and oxygen atoms in total. The first-order valence-electron chi connectivity index (χ1n) is 5.34. The fourth-order valence-electron chi connectivity index (χ4n) is 2.55. The van der Waals surface area contributed by atoms with E-state index in [0.29, 0.717) is 12.6 Å². The molecule has 0 spiro atoms. The molecule has 0 aromatic rings. The Morgan fingerprint density at radius 2 is 2.21 bits per heavy atom. The van der Waals surface area contributed by atoms with Crippen LogP contribution < -0.4 is 11.1 Å². The molecule has 2 heterocycles. The van der Waals surface area contributed by atoms with Gasteiger partial charge in [0.1, 0.15) is 0 Å². The Morgan fingerprint density at radius 3 is 2.79 bits per heavy atom. The van der Waals surface area contributed by atoms with E-state index in [1.807, 2.05) is 0 Å². The summed E-state index contributed by atoms with van der Waals surface area (Å²) in [7, 11) is 0. The van der Waals surface area contributed by atoms with Crippen LogP contribution in [0.1, 0.15) is 19.8 Å². The van der Waals surface area contributed by atoms with E-state index in [0.717, 1.165) is 19.4 Å². The zero-order valence-corrected chi connectivity index (χ0v) is 8.53. The predicted molar refractivity (Wildman–Crippen MR) is 52.6 cm³/mol. The van der Waals surface area contributed by atoms with Gasteiger partial charge in [0, 0.05) is 19.0 Å². The number of nitrogens with one attached hydrogen (secondary N) is 1. The maximum absolute atomic E-state index is 11.2. The summed E-state index contributed by atoms with van der Waals surface area (Å²) in [6, 6.07) is 0. The van der Waals surface area contributed by atoms with Crippen molar-refractivity contribution in [2.24, 2.45) is 17.6 Å². The second-order valence-corrected chi connectivity index (χ2v) is 4.39. The van der Waals surface area contributed by atoms with Gasteiger partial charge >= 0.3 is 0 Å². The molecule has 0 radical (unpaired) electrons. The average molecular weight is 198 g/mol. The van der Waals surface area contributed by atoms with Crippen LogP contribution in [0.25, 0.3) is 0 Å². The molecular formula is C10H18N2O2. The molecule has 4 unspecified atom stereocenters. The minimum Gasteiger partial charge on any atom is -0.375 e. The fourth-order valence-corrected chi connectivity index (χ4v) is 2.55. The van der Waals surface area contributed by atoms with Crippen molar-refractivity contribution in [3.05, 3.63) is 0 Å². The highest BCUT2D eigenvalue weighted by molar-refractivity contribution is 5.77. The van der Waals surface area contributed by atoms with E-state index in [4.69, 9.17) is 10.5 Å². The van der Waals surface area contributed by atoms with E-state index in [2.05, 4.69) is 12.2 Å². The van der Waals surface area contributed by atoms with Gasteiger partial charge in [-0.2, -0.15) is 0 Å². The van der Waals surface area contributed by atoms with Crippen molar-refractivity contribution in [1.82, 2.24) is 5.32 Å². The summed E-state index contributed by atoms with van der Waals surface area (Å²) in [5, 5.41) is 3.21. The first kappa shape index (κ1) is 9.93. The van der Waals surface area contributed by atoms with Gasteiger partial charge in [-0.05, 0) is 19.8 Å².